The molecule has 6 heteroatoms. The number of benzene rings is 2. The highest BCUT2D eigenvalue weighted by atomic mass is 19.3. The van der Waals surface area contributed by atoms with Crippen LogP contribution in [0.15, 0.2) is 30.3 Å². The van der Waals surface area contributed by atoms with E-state index in [1.165, 1.54) is 12.1 Å². The van der Waals surface area contributed by atoms with Gasteiger partial charge in [-0.2, -0.15) is 8.78 Å². The van der Waals surface area contributed by atoms with Crippen LogP contribution in [0, 0.1) is 0 Å². The van der Waals surface area contributed by atoms with E-state index in [1.807, 2.05) is 6.07 Å². The summed E-state index contributed by atoms with van der Waals surface area (Å²) in [5.41, 5.74) is 4.20. The molecule has 1 aliphatic heterocycles. The first kappa shape index (κ1) is 15.7. The number of carbonyl (C=O) groups is 2. The van der Waals surface area contributed by atoms with Crippen LogP contribution in [0.25, 0.3) is 11.1 Å². The average Bonchev–Trinajstić information content (AvgIpc) is 2.59. The Labute approximate surface area is 142 Å². The molecule has 25 heavy (non-hydrogen) atoms. The zero-order chi connectivity index (χ0) is 17.6. The first-order valence-electron chi connectivity index (χ1n) is 7.98. The Balaban J connectivity index is 1.75. The molecule has 1 aliphatic carbocycles. The van der Waals surface area contributed by atoms with Crippen LogP contribution >= 0.6 is 0 Å². The van der Waals surface area contributed by atoms with Crippen molar-refractivity contribution in [2.45, 2.75) is 32.5 Å². The number of hydrogen-bond donors (Lipinski definition) is 0. The Hall–Kier alpha value is -2.76. The predicted octanol–water partition coefficient (Wildman–Crippen LogP) is 4.14. The van der Waals surface area contributed by atoms with Gasteiger partial charge in [0.25, 0.3) is 0 Å². The number of Topliss-reactive ketones (excluding diaryl/α,β-unsaturated/α-hetero) is 1. The maximum atomic E-state index is 12.2. The van der Waals surface area contributed by atoms with Crippen LogP contribution < -0.4 is 4.74 Å². The van der Waals surface area contributed by atoms with Gasteiger partial charge in [-0.05, 0) is 53.8 Å². The lowest BCUT2D eigenvalue weighted by Gasteiger charge is -2.24. The van der Waals surface area contributed by atoms with Crippen molar-refractivity contribution in [1.29, 1.82) is 0 Å². The molecule has 128 valence electrons. The lowest BCUT2D eigenvalue weighted by atomic mass is 9.86. The van der Waals surface area contributed by atoms with Crippen molar-refractivity contribution in [2.24, 2.45) is 0 Å². The summed E-state index contributed by atoms with van der Waals surface area (Å²) in [7, 11) is 0. The van der Waals surface area contributed by atoms with Crippen molar-refractivity contribution >= 4 is 11.8 Å². The van der Waals surface area contributed by atoms with Crippen molar-refractivity contribution < 1.29 is 27.8 Å². The Morgan fingerprint density at radius 2 is 1.88 bits per heavy atom. The van der Waals surface area contributed by atoms with Gasteiger partial charge >= 0.3 is 12.6 Å². The Kier molecular flexibility index (Phi) is 3.75. The van der Waals surface area contributed by atoms with Crippen molar-refractivity contribution in [3.05, 3.63) is 52.6 Å². The number of hydrogen-bond acceptors (Lipinski definition) is 4. The van der Waals surface area contributed by atoms with Crippen molar-refractivity contribution in [2.75, 3.05) is 0 Å². The standard InChI is InChI=1S/C19H14F2O4/c20-19(21)25-18(23)11-4-5-13-12(6-11)9-24-17-8-14-10(7-15(13)17)2-1-3-16(14)22/h4-8,19H,1-3,9H2. The minimum atomic E-state index is -3.15. The Bertz CT molecular complexity index is 889. The first-order valence-corrected chi connectivity index (χ1v) is 7.98. The molecule has 4 nitrogen and oxygen atoms in total. The van der Waals surface area contributed by atoms with Crippen molar-refractivity contribution in [1.82, 2.24) is 0 Å². The quantitative estimate of drug-likeness (QED) is 0.768. The van der Waals surface area contributed by atoms with Crippen LogP contribution in [0.2, 0.25) is 0 Å². The topological polar surface area (TPSA) is 52.6 Å². The number of ketones is 1. The van der Waals surface area contributed by atoms with Gasteiger partial charge in [-0.25, -0.2) is 4.79 Å². The van der Waals surface area contributed by atoms with Gasteiger partial charge in [0.1, 0.15) is 12.4 Å². The van der Waals surface area contributed by atoms with Crippen LogP contribution in [0.5, 0.6) is 5.75 Å². The van der Waals surface area contributed by atoms with E-state index in [2.05, 4.69) is 4.74 Å². The van der Waals surface area contributed by atoms with E-state index in [-0.39, 0.29) is 18.0 Å². The SMILES string of the molecule is O=C(OC(F)F)c1ccc2c(c1)COc1cc3c(cc1-2)CCCC3=O. The monoisotopic (exact) mass is 344 g/mol. The van der Waals surface area contributed by atoms with E-state index in [9.17, 15) is 18.4 Å². The fraction of sp³-hybridized carbons (Fsp3) is 0.263. The number of fused-ring (bicyclic) bond motifs is 4. The van der Waals surface area contributed by atoms with Crippen LogP contribution in [0.1, 0.15) is 44.7 Å². The molecule has 0 unspecified atom stereocenters. The predicted molar refractivity (Wildman–Crippen MR) is 84.9 cm³/mol. The minimum absolute atomic E-state index is 0.0548. The van der Waals surface area contributed by atoms with Crippen molar-refractivity contribution in [3.63, 3.8) is 0 Å². The van der Waals surface area contributed by atoms with E-state index in [1.54, 1.807) is 12.1 Å². The second kappa shape index (κ2) is 5.95. The summed E-state index contributed by atoms with van der Waals surface area (Å²) >= 11 is 0. The summed E-state index contributed by atoms with van der Waals surface area (Å²) in [6, 6.07) is 8.41. The van der Waals surface area contributed by atoms with Crippen LogP contribution in [-0.2, 0) is 17.8 Å². The molecule has 0 aromatic heterocycles. The number of halogens is 2. The van der Waals surface area contributed by atoms with Gasteiger partial charge in [0.05, 0.1) is 5.56 Å². The Morgan fingerprint density at radius 3 is 2.68 bits per heavy atom. The molecular weight excluding hydrogens is 330 g/mol. The van der Waals surface area contributed by atoms with Gasteiger partial charge in [0, 0.05) is 17.5 Å². The van der Waals surface area contributed by atoms with Gasteiger partial charge < -0.3 is 9.47 Å². The number of aryl methyl sites for hydroxylation is 1. The highest BCUT2D eigenvalue weighted by Gasteiger charge is 2.25. The third-order valence-corrected chi connectivity index (χ3v) is 4.57. The number of esters is 1. The summed E-state index contributed by atoms with van der Waals surface area (Å²) in [5, 5.41) is 0. The number of ether oxygens (including phenoxy) is 2. The van der Waals surface area contributed by atoms with Gasteiger partial charge in [-0.15, -0.1) is 0 Å². The fourth-order valence-electron chi connectivity index (χ4n) is 3.40. The molecule has 2 aromatic carbocycles. The van der Waals surface area contributed by atoms with E-state index in [0.717, 1.165) is 35.1 Å². The molecule has 4 rings (SSSR count). The molecule has 0 fully saturated rings. The number of carbonyl (C=O) groups excluding carboxylic acids is 2. The first-order chi connectivity index (χ1) is 12.0. The molecule has 0 N–H and O–H groups in total. The largest absolute Gasteiger partial charge is 0.488 e. The molecule has 2 aromatic rings. The van der Waals surface area contributed by atoms with Gasteiger partial charge in [-0.3, -0.25) is 4.79 Å². The second-order valence-electron chi connectivity index (χ2n) is 6.11. The minimum Gasteiger partial charge on any atom is -0.488 e. The fourth-order valence-corrected chi connectivity index (χ4v) is 3.40. The lowest BCUT2D eigenvalue weighted by molar-refractivity contribution is -0.0906. The van der Waals surface area contributed by atoms with Crippen LogP contribution in [0.3, 0.4) is 0 Å². The molecule has 0 atom stereocenters. The summed E-state index contributed by atoms with van der Waals surface area (Å²) < 4.78 is 34.1. The summed E-state index contributed by atoms with van der Waals surface area (Å²) in [4.78, 5) is 23.7. The molecule has 0 amide bonds. The third-order valence-electron chi connectivity index (χ3n) is 4.57. The average molecular weight is 344 g/mol. The zero-order valence-corrected chi connectivity index (χ0v) is 13.2. The molecular formula is C19H14F2O4. The van der Waals surface area contributed by atoms with E-state index < -0.39 is 12.6 Å². The highest BCUT2D eigenvalue weighted by Crippen LogP contribution is 2.41. The van der Waals surface area contributed by atoms with E-state index in [0.29, 0.717) is 17.7 Å². The maximum Gasteiger partial charge on any atom is 0.389 e. The lowest BCUT2D eigenvalue weighted by Crippen LogP contribution is -2.14. The maximum absolute atomic E-state index is 12.2. The third kappa shape index (κ3) is 2.77. The Morgan fingerprint density at radius 1 is 1.04 bits per heavy atom. The number of rotatable bonds is 2. The molecule has 0 saturated heterocycles. The van der Waals surface area contributed by atoms with Crippen LogP contribution in [-0.4, -0.2) is 18.4 Å². The highest BCUT2D eigenvalue weighted by molar-refractivity contribution is 6.00. The van der Waals surface area contributed by atoms with E-state index >= 15 is 0 Å². The molecule has 0 bridgehead atoms. The second-order valence-corrected chi connectivity index (χ2v) is 6.11. The molecule has 1 heterocycles. The molecule has 0 radical (unpaired) electrons. The molecule has 0 saturated carbocycles. The summed E-state index contributed by atoms with van der Waals surface area (Å²) in [6.07, 6.45) is 2.22. The van der Waals surface area contributed by atoms with Crippen molar-refractivity contribution in [3.8, 4) is 16.9 Å². The summed E-state index contributed by atoms with van der Waals surface area (Å²) in [6.45, 7) is -2.95. The van der Waals surface area contributed by atoms with Crippen LogP contribution in [0.4, 0.5) is 8.78 Å². The smallest absolute Gasteiger partial charge is 0.389 e. The van der Waals surface area contributed by atoms with Gasteiger partial charge in [0.15, 0.2) is 5.78 Å². The molecule has 0 spiro atoms. The number of alkyl halides is 2. The zero-order valence-electron chi connectivity index (χ0n) is 13.2. The van der Waals surface area contributed by atoms with Gasteiger partial charge in [0.2, 0.25) is 0 Å². The molecule has 2 aliphatic rings. The van der Waals surface area contributed by atoms with E-state index in [4.69, 9.17) is 4.74 Å². The van der Waals surface area contributed by atoms with Gasteiger partial charge in [-0.1, -0.05) is 6.07 Å². The normalized spacial score (nSPS) is 15.1. The summed E-state index contributed by atoms with van der Waals surface area (Å²) in [5.74, 6) is -0.312.